The number of nitrogens with zero attached hydrogens (tertiary/aromatic N) is 4. The van der Waals surface area contributed by atoms with E-state index in [1.807, 2.05) is 65.1 Å². The van der Waals surface area contributed by atoms with Gasteiger partial charge in [0.2, 0.25) is 23.6 Å². The first-order valence-corrected chi connectivity index (χ1v) is 17.4. The van der Waals surface area contributed by atoms with Crippen molar-refractivity contribution in [3.8, 4) is 5.75 Å². The molecule has 0 unspecified atom stereocenters. The largest absolute Gasteiger partial charge is 0.491 e. The Hall–Kier alpha value is -5.20. The van der Waals surface area contributed by atoms with Crippen molar-refractivity contribution in [2.45, 2.75) is 71.5 Å². The Bertz CT molecular complexity index is 1710. The van der Waals surface area contributed by atoms with Gasteiger partial charge in [-0.3, -0.25) is 28.7 Å². The van der Waals surface area contributed by atoms with Crippen LogP contribution in [0.5, 0.6) is 5.75 Å². The summed E-state index contributed by atoms with van der Waals surface area (Å²) in [7, 11) is 4.90. The molecule has 13 nitrogen and oxygen atoms in total. The third kappa shape index (κ3) is 10.4. The number of amides is 5. The fraction of sp³-hybridized carbons (Fsp3) is 0.474. The summed E-state index contributed by atoms with van der Waals surface area (Å²) in [6.45, 7) is 7.78. The topological polar surface area (TPSA) is 155 Å². The molecule has 13 heteroatoms. The molecule has 3 N–H and O–H groups in total. The number of rotatable bonds is 8. The summed E-state index contributed by atoms with van der Waals surface area (Å²) < 4.78 is 7.94. The maximum atomic E-state index is 13.9. The summed E-state index contributed by atoms with van der Waals surface area (Å²) >= 11 is 0. The molecule has 1 aliphatic rings. The summed E-state index contributed by atoms with van der Waals surface area (Å²) in [5.74, 6) is -2.17. The van der Waals surface area contributed by atoms with E-state index in [9.17, 15) is 24.0 Å². The predicted octanol–water partition coefficient (Wildman–Crippen LogP) is 2.34. The molecule has 51 heavy (non-hydrogen) atoms. The van der Waals surface area contributed by atoms with Crippen molar-refractivity contribution in [3.05, 3.63) is 82.7 Å². The quantitative estimate of drug-likeness (QED) is 0.326. The van der Waals surface area contributed by atoms with Crippen LogP contribution in [0, 0.1) is 19.8 Å². The van der Waals surface area contributed by atoms with Crippen molar-refractivity contribution < 1.29 is 28.7 Å². The van der Waals surface area contributed by atoms with E-state index in [4.69, 9.17) is 4.74 Å². The van der Waals surface area contributed by atoms with E-state index in [-0.39, 0.29) is 36.9 Å². The molecule has 0 saturated heterocycles. The lowest BCUT2D eigenvalue weighted by atomic mass is 10.0. The van der Waals surface area contributed by atoms with E-state index >= 15 is 0 Å². The van der Waals surface area contributed by atoms with Crippen molar-refractivity contribution in [3.63, 3.8) is 0 Å². The second-order valence-corrected chi connectivity index (χ2v) is 13.6. The van der Waals surface area contributed by atoms with E-state index in [0.717, 1.165) is 22.5 Å². The molecule has 0 bridgehead atoms. The van der Waals surface area contributed by atoms with E-state index < -0.39 is 54.1 Å². The predicted molar refractivity (Wildman–Crippen MR) is 193 cm³/mol. The zero-order valence-corrected chi connectivity index (χ0v) is 30.7. The van der Waals surface area contributed by atoms with Gasteiger partial charge in [0, 0.05) is 33.4 Å². The maximum Gasteiger partial charge on any atom is 0.255 e. The molecule has 4 rings (SSSR count). The number of carbonyl (C=O) groups is 5. The molecule has 0 radical (unpaired) electrons. The van der Waals surface area contributed by atoms with Gasteiger partial charge in [-0.15, -0.1) is 0 Å². The van der Waals surface area contributed by atoms with Crippen molar-refractivity contribution in [2.75, 3.05) is 33.8 Å². The molecule has 0 spiro atoms. The minimum Gasteiger partial charge on any atom is -0.491 e. The number of likely N-dealkylation sites (N-methyl/N-ethyl adjacent to an activating group) is 2. The first kappa shape index (κ1) is 38.6. The number of benzene rings is 2. The third-order valence-electron chi connectivity index (χ3n) is 9.19. The molecular formula is C38H51N7O6. The van der Waals surface area contributed by atoms with Gasteiger partial charge in [0.1, 0.15) is 24.4 Å². The Balaban J connectivity index is 1.66. The van der Waals surface area contributed by atoms with Gasteiger partial charge in [-0.05, 0) is 62.3 Å². The number of ether oxygens (including phenoxy) is 1. The van der Waals surface area contributed by atoms with Crippen LogP contribution in [0.3, 0.4) is 0 Å². The van der Waals surface area contributed by atoms with Crippen molar-refractivity contribution in [2.24, 2.45) is 13.0 Å². The molecule has 1 aliphatic heterocycles. The monoisotopic (exact) mass is 701 g/mol. The molecular weight excluding hydrogens is 650 g/mol. The number of hydrogen-bond donors (Lipinski definition) is 3. The SMILES string of the molecule is Cc1nn(C)c(C)c1CCNC(=O)[C@@H]1CC(=O)N(C)[C@@H](CC(C)C)C(=O)N(C)CC(=O)N[C@H](Cc2ccccc2)COc2ccccc2C(=O)N1. The number of hydrogen-bond acceptors (Lipinski definition) is 7. The van der Waals surface area contributed by atoms with Crippen LogP contribution in [0.4, 0.5) is 0 Å². The average molecular weight is 702 g/mol. The lowest BCUT2D eigenvalue weighted by Crippen LogP contribution is -2.54. The zero-order valence-electron chi connectivity index (χ0n) is 30.7. The van der Waals surface area contributed by atoms with E-state index in [1.165, 1.54) is 23.9 Å². The Morgan fingerprint density at radius 2 is 1.67 bits per heavy atom. The van der Waals surface area contributed by atoms with Crippen LogP contribution in [0.15, 0.2) is 54.6 Å². The summed E-state index contributed by atoms with van der Waals surface area (Å²) in [5.41, 5.74) is 3.99. The highest BCUT2D eigenvalue weighted by Gasteiger charge is 2.34. The van der Waals surface area contributed by atoms with Crippen LogP contribution in [-0.4, -0.2) is 101 Å². The molecule has 3 atom stereocenters. The highest BCUT2D eigenvalue weighted by molar-refractivity contribution is 6.01. The Labute approximate surface area is 300 Å². The zero-order chi connectivity index (χ0) is 37.2. The van der Waals surface area contributed by atoms with Crippen molar-refractivity contribution in [1.82, 2.24) is 35.5 Å². The van der Waals surface area contributed by atoms with Gasteiger partial charge >= 0.3 is 0 Å². The van der Waals surface area contributed by atoms with Crippen molar-refractivity contribution in [1.29, 1.82) is 0 Å². The maximum absolute atomic E-state index is 13.9. The van der Waals surface area contributed by atoms with Gasteiger partial charge in [-0.1, -0.05) is 56.3 Å². The number of aryl methyl sites for hydroxylation is 2. The van der Waals surface area contributed by atoms with E-state index in [0.29, 0.717) is 19.3 Å². The molecule has 274 valence electrons. The number of para-hydroxylation sites is 1. The first-order chi connectivity index (χ1) is 24.2. The lowest BCUT2D eigenvalue weighted by Gasteiger charge is -2.32. The molecule has 0 fully saturated rings. The van der Waals surface area contributed by atoms with Gasteiger partial charge in [0.05, 0.1) is 30.3 Å². The minimum atomic E-state index is -1.26. The smallest absolute Gasteiger partial charge is 0.255 e. The van der Waals surface area contributed by atoms with E-state index in [1.54, 1.807) is 28.9 Å². The second kappa shape index (κ2) is 17.6. The van der Waals surface area contributed by atoms with Crippen LogP contribution in [0.2, 0.25) is 0 Å². The molecule has 5 amide bonds. The van der Waals surface area contributed by atoms with Gasteiger partial charge in [0.25, 0.3) is 5.91 Å². The van der Waals surface area contributed by atoms with Gasteiger partial charge in [0.15, 0.2) is 0 Å². The van der Waals surface area contributed by atoms with Crippen molar-refractivity contribution >= 4 is 29.5 Å². The Kier molecular flexibility index (Phi) is 13.4. The fourth-order valence-corrected chi connectivity index (χ4v) is 6.26. The summed E-state index contributed by atoms with van der Waals surface area (Å²) in [6, 6.07) is 13.6. The highest BCUT2D eigenvalue weighted by atomic mass is 16.5. The molecule has 2 aromatic carbocycles. The molecule has 2 heterocycles. The van der Waals surface area contributed by atoms with Crippen LogP contribution in [0.1, 0.15) is 59.6 Å². The van der Waals surface area contributed by atoms with Crippen LogP contribution < -0.4 is 20.7 Å². The molecule has 3 aromatic rings. The normalized spacial score (nSPS) is 19.6. The minimum absolute atomic E-state index is 0.0247. The highest BCUT2D eigenvalue weighted by Crippen LogP contribution is 2.20. The van der Waals surface area contributed by atoms with Gasteiger partial charge < -0.3 is 30.5 Å². The number of fused-ring (bicyclic) bond motifs is 1. The lowest BCUT2D eigenvalue weighted by molar-refractivity contribution is -0.146. The summed E-state index contributed by atoms with van der Waals surface area (Å²) in [5, 5.41) is 13.1. The fourth-order valence-electron chi connectivity index (χ4n) is 6.26. The summed E-state index contributed by atoms with van der Waals surface area (Å²) in [4.78, 5) is 71.2. The third-order valence-corrected chi connectivity index (χ3v) is 9.19. The molecule has 1 aromatic heterocycles. The average Bonchev–Trinajstić information content (AvgIpc) is 3.34. The second-order valence-electron chi connectivity index (χ2n) is 13.6. The van der Waals surface area contributed by atoms with Gasteiger partial charge in [-0.2, -0.15) is 5.10 Å². The van der Waals surface area contributed by atoms with Crippen LogP contribution >= 0.6 is 0 Å². The van der Waals surface area contributed by atoms with Gasteiger partial charge in [-0.25, -0.2) is 0 Å². The standard InChI is InChI=1S/C38H51N7O6/c1-24(2)19-32-38(50)43(5)22-34(46)40-28(20-27-13-9-8-10-14-27)23-51-33-16-12-11-15-30(33)36(48)41-31(21-35(47)44(32)6)37(49)39-18-17-29-25(3)42-45(7)26(29)4/h8-16,24,28,31-32H,17-23H2,1-7H3,(H,39,49)(H,40,46)(H,41,48)/t28-,31+,32+/m1/s1. The Morgan fingerprint density at radius 3 is 2.33 bits per heavy atom. The Morgan fingerprint density at radius 1 is 0.980 bits per heavy atom. The van der Waals surface area contributed by atoms with Crippen LogP contribution in [0.25, 0.3) is 0 Å². The number of nitrogens with one attached hydrogen (secondary N) is 3. The number of carbonyl (C=O) groups excluding carboxylic acids is 5. The van der Waals surface area contributed by atoms with E-state index in [2.05, 4.69) is 21.0 Å². The summed E-state index contributed by atoms with van der Waals surface area (Å²) in [6.07, 6.45) is 0.883. The molecule has 0 saturated carbocycles. The number of aromatic nitrogens is 2. The first-order valence-electron chi connectivity index (χ1n) is 17.4. The van der Waals surface area contributed by atoms with Crippen LogP contribution in [-0.2, 0) is 39.1 Å². The molecule has 0 aliphatic carbocycles.